The Bertz CT molecular complexity index is 1240. The average Bonchev–Trinajstić information content (AvgIpc) is 2.81. The van der Waals surface area contributed by atoms with Gasteiger partial charge in [0, 0.05) is 5.56 Å². The fourth-order valence-corrected chi connectivity index (χ4v) is 3.23. The molecule has 0 saturated carbocycles. The summed E-state index contributed by atoms with van der Waals surface area (Å²) in [5.74, 6) is -0.192. The second kappa shape index (κ2) is 11.4. The first-order valence-corrected chi connectivity index (χ1v) is 10.7. The third kappa shape index (κ3) is 6.26. The molecule has 0 saturated heterocycles. The minimum absolute atomic E-state index is 0.0220. The first-order chi connectivity index (χ1) is 15.9. The van der Waals surface area contributed by atoms with Crippen molar-refractivity contribution in [2.45, 2.75) is 13.5 Å². The van der Waals surface area contributed by atoms with Gasteiger partial charge in [0.05, 0.1) is 22.3 Å². The Kier molecular flexibility index (Phi) is 8.31. The number of carbonyl (C=O) groups excluding carboxylic acids is 1. The van der Waals surface area contributed by atoms with Crippen LogP contribution in [0, 0.1) is 17.1 Å². The largest absolute Gasteiger partial charge is 0.490 e. The van der Waals surface area contributed by atoms with Crippen LogP contribution in [0.4, 0.5) is 10.1 Å². The molecule has 3 aromatic rings. The molecule has 0 radical (unpaired) electrons. The van der Waals surface area contributed by atoms with E-state index in [0.29, 0.717) is 34.9 Å². The van der Waals surface area contributed by atoms with E-state index in [2.05, 4.69) is 5.32 Å². The SMILES string of the molecule is CCOc1cc(C=C(C#N)C(=O)Nc2cccc(Cl)c2Cl)ccc1OCc1ccccc1F. The Balaban J connectivity index is 1.81. The van der Waals surface area contributed by atoms with Gasteiger partial charge < -0.3 is 14.8 Å². The maximum Gasteiger partial charge on any atom is 0.266 e. The Hall–Kier alpha value is -3.53. The molecule has 8 heteroatoms. The van der Waals surface area contributed by atoms with E-state index < -0.39 is 5.91 Å². The Labute approximate surface area is 201 Å². The fourth-order valence-electron chi connectivity index (χ4n) is 2.88. The second-order valence-corrected chi connectivity index (χ2v) is 7.53. The van der Waals surface area contributed by atoms with Crippen molar-refractivity contribution in [3.63, 3.8) is 0 Å². The number of ether oxygens (including phenoxy) is 2. The molecule has 5 nitrogen and oxygen atoms in total. The number of hydrogen-bond acceptors (Lipinski definition) is 4. The minimum atomic E-state index is -0.639. The summed E-state index contributed by atoms with van der Waals surface area (Å²) in [6.45, 7) is 2.20. The van der Waals surface area contributed by atoms with Gasteiger partial charge in [0.2, 0.25) is 0 Å². The summed E-state index contributed by atoms with van der Waals surface area (Å²) >= 11 is 12.1. The van der Waals surface area contributed by atoms with Crippen molar-refractivity contribution >= 4 is 40.9 Å². The zero-order chi connectivity index (χ0) is 23.8. The van der Waals surface area contributed by atoms with Gasteiger partial charge in [0.1, 0.15) is 24.1 Å². The molecule has 3 rings (SSSR count). The Morgan fingerprint density at radius 1 is 1.09 bits per heavy atom. The van der Waals surface area contributed by atoms with Crippen molar-refractivity contribution in [1.82, 2.24) is 0 Å². The van der Waals surface area contributed by atoms with E-state index in [1.807, 2.05) is 13.0 Å². The van der Waals surface area contributed by atoms with Gasteiger partial charge in [-0.15, -0.1) is 0 Å². The first-order valence-electron chi connectivity index (χ1n) is 9.93. The maximum absolute atomic E-state index is 13.9. The van der Waals surface area contributed by atoms with Gasteiger partial charge in [0.25, 0.3) is 5.91 Å². The molecule has 3 aromatic carbocycles. The number of nitrogens with zero attached hydrogens (tertiary/aromatic N) is 1. The van der Waals surface area contributed by atoms with Crippen LogP contribution in [0.15, 0.2) is 66.2 Å². The third-order valence-electron chi connectivity index (χ3n) is 4.48. The molecule has 0 spiro atoms. The lowest BCUT2D eigenvalue weighted by Gasteiger charge is -2.13. The lowest BCUT2D eigenvalue weighted by atomic mass is 10.1. The van der Waals surface area contributed by atoms with E-state index in [1.54, 1.807) is 54.6 Å². The van der Waals surface area contributed by atoms with Gasteiger partial charge in [-0.05, 0) is 48.9 Å². The Morgan fingerprint density at radius 3 is 2.61 bits per heavy atom. The quantitative estimate of drug-likeness (QED) is 0.286. The van der Waals surface area contributed by atoms with Crippen LogP contribution in [0.25, 0.3) is 6.08 Å². The normalized spacial score (nSPS) is 10.9. The molecule has 1 amide bonds. The number of anilines is 1. The Morgan fingerprint density at radius 2 is 1.88 bits per heavy atom. The predicted octanol–water partition coefficient (Wildman–Crippen LogP) is 6.66. The maximum atomic E-state index is 13.9. The predicted molar refractivity (Wildman–Crippen MR) is 127 cm³/mol. The summed E-state index contributed by atoms with van der Waals surface area (Å²) in [5, 5.41) is 12.5. The number of carbonyl (C=O) groups is 1. The zero-order valence-corrected chi connectivity index (χ0v) is 19.1. The van der Waals surface area contributed by atoms with Crippen LogP contribution >= 0.6 is 23.2 Å². The van der Waals surface area contributed by atoms with Crippen LogP contribution in [-0.4, -0.2) is 12.5 Å². The van der Waals surface area contributed by atoms with E-state index in [4.69, 9.17) is 32.7 Å². The molecular weight excluding hydrogens is 466 g/mol. The van der Waals surface area contributed by atoms with Gasteiger partial charge >= 0.3 is 0 Å². The van der Waals surface area contributed by atoms with E-state index in [1.165, 1.54) is 12.1 Å². The summed E-state index contributed by atoms with van der Waals surface area (Å²) in [6, 6.07) is 18.0. The van der Waals surface area contributed by atoms with E-state index >= 15 is 0 Å². The number of halogens is 3. The lowest BCUT2D eigenvalue weighted by Crippen LogP contribution is -2.13. The smallest absolute Gasteiger partial charge is 0.266 e. The molecule has 0 atom stereocenters. The summed E-state index contributed by atoms with van der Waals surface area (Å²) in [5.41, 5.74) is 1.10. The van der Waals surface area contributed by atoms with Crippen molar-refractivity contribution in [3.05, 3.63) is 93.2 Å². The number of benzene rings is 3. The van der Waals surface area contributed by atoms with Crippen molar-refractivity contribution in [2.24, 2.45) is 0 Å². The van der Waals surface area contributed by atoms with Gasteiger partial charge in [-0.2, -0.15) is 5.26 Å². The van der Waals surface area contributed by atoms with Crippen molar-refractivity contribution in [3.8, 4) is 17.6 Å². The molecule has 0 heterocycles. The molecule has 33 heavy (non-hydrogen) atoms. The lowest BCUT2D eigenvalue weighted by molar-refractivity contribution is -0.112. The second-order valence-electron chi connectivity index (χ2n) is 6.74. The van der Waals surface area contributed by atoms with Gasteiger partial charge in [0.15, 0.2) is 11.5 Å². The number of nitriles is 1. The number of amides is 1. The zero-order valence-electron chi connectivity index (χ0n) is 17.6. The van der Waals surface area contributed by atoms with Crippen LogP contribution in [0.3, 0.4) is 0 Å². The highest BCUT2D eigenvalue weighted by Crippen LogP contribution is 2.31. The van der Waals surface area contributed by atoms with Crippen molar-refractivity contribution < 1.29 is 18.7 Å². The molecule has 0 unspecified atom stereocenters. The van der Waals surface area contributed by atoms with Crippen LogP contribution in [0.2, 0.25) is 10.0 Å². The van der Waals surface area contributed by atoms with Crippen LogP contribution in [0.1, 0.15) is 18.1 Å². The molecule has 0 aliphatic rings. The standard InChI is InChI=1S/C25H19Cl2FN2O3/c1-2-32-23-13-16(10-11-22(23)33-15-17-6-3-4-8-20(17)28)12-18(14-29)25(31)30-21-9-5-7-19(26)24(21)27/h3-13H,2,15H2,1H3,(H,30,31). The van der Waals surface area contributed by atoms with E-state index in [9.17, 15) is 14.4 Å². The van der Waals surface area contributed by atoms with Crippen LogP contribution in [0.5, 0.6) is 11.5 Å². The summed E-state index contributed by atoms with van der Waals surface area (Å²) in [4.78, 5) is 12.6. The van der Waals surface area contributed by atoms with Crippen LogP contribution in [-0.2, 0) is 11.4 Å². The molecular formula is C25H19Cl2FN2O3. The highest BCUT2D eigenvalue weighted by molar-refractivity contribution is 6.44. The van der Waals surface area contributed by atoms with Crippen molar-refractivity contribution in [1.29, 1.82) is 5.26 Å². The molecule has 0 aliphatic carbocycles. The molecule has 0 aromatic heterocycles. The van der Waals surface area contributed by atoms with Gasteiger partial charge in [-0.1, -0.05) is 53.5 Å². The van der Waals surface area contributed by atoms with Crippen LogP contribution < -0.4 is 14.8 Å². The summed E-state index contributed by atoms with van der Waals surface area (Å²) < 4.78 is 25.2. The fraction of sp³-hybridized carbons (Fsp3) is 0.120. The van der Waals surface area contributed by atoms with E-state index in [-0.39, 0.29) is 28.0 Å². The first kappa shape index (κ1) is 24.1. The highest BCUT2D eigenvalue weighted by Gasteiger charge is 2.14. The third-order valence-corrected chi connectivity index (χ3v) is 5.30. The minimum Gasteiger partial charge on any atom is -0.490 e. The van der Waals surface area contributed by atoms with Gasteiger partial charge in [-0.3, -0.25) is 4.79 Å². The average molecular weight is 485 g/mol. The highest BCUT2D eigenvalue weighted by atomic mass is 35.5. The molecule has 0 bridgehead atoms. The number of rotatable bonds is 8. The topological polar surface area (TPSA) is 71.3 Å². The number of hydrogen-bond donors (Lipinski definition) is 1. The molecule has 0 aliphatic heterocycles. The summed E-state index contributed by atoms with van der Waals surface area (Å²) in [6.07, 6.45) is 1.41. The van der Waals surface area contributed by atoms with Crippen molar-refractivity contribution in [2.75, 3.05) is 11.9 Å². The van der Waals surface area contributed by atoms with Gasteiger partial charge in [-0.25, -0.2) is 4.39 Å². The molecule has 168 valence electrons. The van der Waals surface area contributed by atoms with E-state index in [0.717, 1.165) is 0 Å². The molecule has 0 fully saturated rings. The number of nitrogens with one attached hydrogen (secondary N) is 1. The summed E-state index contributed by atoms with van der Waals surface area (Å²) in [7, 11) is 0. The molecule has 1 N–H and O–H groups in total. The monoisotopic (exact) mass is 484 g/mol.